The van der Waals surface area contributed by atoms with Crippen LogP contribution in [-0.2, 0) is 14.6 Å². The van der Waals surface area contributed by atoms with E-state index in [1.807, 2.05) is 4.90 Å². The summed E-state index contributed by atoms with van der Waals surface area (Å²) in [5.74, 6) is 1.74. The summed E-state index contributed by atoms with van der Waals surface area (Å²) in [7, 11) is -2.85. The van der Waals surface area contributed by atoms with Crippen molar-refractivity contribution in [3.05, 3.63) is 0 Å². The normalized spacial score (nSPS) is 26.7. The van der Waals surface area contributed by atoms with Crippen molar-refractivity contribution in [1.29, 1.82) is 0 Å². The fourth-order valence-electron chi connectivity index (χ4n) is 3.95. The predicted octanol–water partition coefficient (Wildman–Crippen LogP) is 1.09. The monoisotopic (exact) mass is 498 g/mol. The number of carbonyl (C=O) groups excluding carboxylic acids is 1. The van der Waals surface area contributed by atoms with E-state index in [2.05, 4.69) is 10.2 Å². The third-order valence-electron chi connectivity index (χ3n) is 5.54. The molecule has 0 radical (unpaired) electrons. The summed E-state index contributed by atoms with van der Waals surface area (Å²) in [5, 5.41) is 3.60. The lowest BCUT2D eigenvalue weighted by molar-refractivity contribution is -0.130. The molecule has 0 aromatic rings. The minimum atomic E-state index is -2.85. The van der Waals surface area contributed by atoms with Gasteiger partial charge in [0.15, 0.2) is 15.8 Å². The summed E-state index contributed by atoms with van der Waals surface area (Å²) in [4.78, 5) is 20.4. The first-order valence-electron chi connectivity index (χ1n) is 9.45. The van der Waals surface area contributed by atoms with Gasteiger partial charge in [-0.25, -0.2) is 8.42 Å². The fraction of sp³-hybridized carbons (Fsp3) is 0.882. The SMILES string of the molecule is CC(=O)N1CCN(C(=NCC2CCS(=O)(=O)C2)NC2CCCC2)CC1.I. The summed E-state index contributed by atoms with van der Waals surface area (Å²) >= 11 is 0. The van der Waals surface area contributed by atoms with Crippen LogP contribution in [0.25, 0.3) is 0 Å². The number of nitrogens with zero attached hydrogens (tertiary/aromatic N) is 3. The molecule has 2 heterocycles. The standard InChI is InChI=1S/C17H30N4O3S.HI/c1-14(22)20-7-9-21(10-8-20)17(19-16-4-2-3-5-16)18-12-15-6-11-25(23,24)13-15;/h15-16H,2-13H2,1H3,(H,18,19);1H. The molecule has 1 N–H and O–H groups in total. The molecule has 1 atom stereocenters. The molecule has 9 heteroatoms. The van der Waals surface area contributed by atoms with Gasteiger partial charge < -0.3 is 15.1 Å². The highest BCUT2D eigenvalue weighted by molar-refractivity contribution is 14.0. The quantitative estimate of drug-likeness (QED) is 0.358. The van der Waals surface area contributed by atoms with Crippen LogP contribution in [0.4, 0.5) is 0 Å². The zero-order valence-electron chi connectivity index (χ0n) is 15.5. The summed E-state index contributed by atoms with van der Waals surface area (Å²) in [5.41, 5.74) is 0. The van der Waals surface area contributed by atoms with E-state index in [0.29, 0.717) is 18.3 Å². The number of hydrogen-bond donors (Lipinski definition) is 1. The molecule has 1 aliphatic carbocycles. The van der Waals surface area contributed by atoms with E-state index in [1.54, 1.807) is 6.92 Å². The smallest absolute Gasteiger partial charge is 0.219 e. The Labute approximate surface area is 173 Å². The van der Waals surface area contributed by atoms with Crippen LogP contribution in [0, 0.1) is 5.92 Å². The minimum Gasteiger partial charge on any atom is -0.354 e. The maximum Gasteiger partial charge on any atom is 0.219 e. The molecule has 1 saturated carbocycles. The summed E-state index contributed by atoms with van der Waals surface area (Å²) in [6.45, 7) is 5.18. The molecule has 0 aromatic carbocycles. The molecular weight excluding hydrogens is 467 g/mol. The van der Waals surface area contributed by atoms with Crippen LogP contribution in [0.3, 0.4) is 0 Å². The van der Waals surface area contributed by atoms with Crippen LogP contribution in [0.5, 0.6) is 0 Å². The number of carbonyl (C=O) groups is 1. The molecule has 0 aromatic heterocycles. The van der Waals surface area contributed by atoms with Crippen LogP contribution in [-0.4, -0.2) is 80.4 Å². The molecule has 2 aliphatic heterocycles. The number of sulfone groups is 1. The molecule has 26 heavy (non-hydrogen) atoms. The lowest BCUT2D eigenvalue weighted by Gasteiger charge is -2.37. The highest BCUT2D eigenvalue weighted by Gasteiger charge is 2.29. The van der Waals surface area contributed by atoms with Gasteiger partial charge in [-0.1, -0.05) is 12.8 Å². The maximum atomic E-state index is 11.7. The highest BCUT2D eigenvalue weighted by Crippen LogP contribution is 2.20. The Morgan fingerprint density at radius 2 is 1.69 bits per heavy atom. The first-order chi connectivity index (χ1) is 11.9. The van der Waals surface area contributed by atoms with Crippen LogP contribution >= 0.6 is 24.0 Å². The number of hydrogen-bond acceptors (Lipinski definition) is 4. The Bertz CT molecular complexity index is 611. The molecule has 3 aliphatic rings. The number of piperazine rings is 1. The molecule has 2 saturated heterocycles. The second kappa shape index (κ2) is 9.57. The van der Waals surface area contributed by atoms with Gasteiger partial charge >= 0.3 is 0 Å². The molecule has 150 valence electrons. The van der Waals surface area contributed by atoms with Crippen LogP contribution in [0.1, 0.15) is 39.0 Å². The van der Waals surface area contributed by atoms with Gasteiger partial charge in [-0.15, -0.1) is 24.0 Å². The third kappa shape index (κ3) is 5.97. The fourth-order valence-corrected chi connectivity index (χ4v) is 5.80. The molecular formula is C17H31IN4O3S. The van der Waals surface area contributed by atoms with Gasteiger partial charge in [0.2, 0.25) is 5.91 Å². The number of amides is 1. The van der Waals surface area contributed by atoms with Gasteiger partial charge in [0, 0.05) is 45.7 Å². The van der Waals surface area contributed by atoms with Gasteiger partial charge in [-0.2, -0.15) is 0 Å². The van der Waals surface area contributed by atoms with Gasteiger partial charge in [0.05, 0.1) is 11.5 Å². The van der Waals surface area contributed by atoms with Crippen molar-refractivity contribution in [3.8, 4) is 0 Å². The van der Waals surface area contributed by atoms with Gasteiger partial charge in [0.1, 0.15) is 0 Å². The minimum absolute atomic E-state index is 0. The highest BCUT2D eigenvalue weighted by atomic mass is 127. The second-order valence-electron chi connectivity index (χ2n) is 7.55. The lowest BCUT2D eigenvalue weighted by atomic mass is 10.1. The largest absolute Gasteiger partial charge is 0.354 e. The van der Waals surface area contributed by atoms with E-state index in [9.17, 15) is 13.2 Å². The molecule has 1 unspecified atom stereocenters. The predicted molar refractivity (Wildman–Crippen MR) is 114 cm³/mol. The second-order valence-corrected chi connectivity index (χ2v) is 9.78. The number of halogens is 1. The first kappa shape index (κ1) is 21.7. The Kier molecular flexibility index (Phi) is 7.99. The van der Waals surface area contributed by atoms with Crippen molar-refractivity contribution in [1.82, 2.24) is 15.1 Å². The zero-order valence-corrected chi connectivity index (χ0v) is 18.7. The van der Waals surface area contributed by atoms with E-state index in [4.69, 9.17) is 4.99 Å². The topological polar surface area (TPSA) is 82.1 Å². The molecule has 0 spiro atoms. The van der Waals surface area contributed by atoms with Crippen molar-refractivity contribution >= 4 is 45.7 Å². The first-order valence-corrected chi connectivity index (χ1v) is 11.3. The Balaban J connectivity index is 0.00000243. The Hall–Kier alpha value is -0.580. The van der Waals surface area contributed by atoms with E-state index >= 15 is 0 Å². The number of rotatable bonds is 3. The number of nitrogens with one attached hydrogen (secondary N) is 1. The Morgan fingerprint density at radius 1 is 1.08 bits per heavy atom. The zero-order chi connectivity index (χ0) is 17.9. The average Bonchev–Trinajstić information content (AvgIpc) is 3.20. The molecule has 1 amide bonds. The third-order valence-corrected chi connectivity index (χ3v) is 7.38. The van der Waals surface area contributed by atoms with Crippen molar-refractivity contribution in [3.63, 3.8) is 0 Å². The summed E-state index contributed by atoms with van der Waals surface area (Å²) < 4.78 is 23.3. The van der Waals surface area contributed by atoms with E-state index in [1.165, 1.54) is 25.7 Å². The number of guanidine groups is 1. The molecule has 3 fully saturated rings. The molecule has 0 bridgehead atoms. The van der Waals surface area contributed by atoms with Crippen LogP contribution in [0.15, 0.2) is 4.99 Å². The summed E-state index contributed by atoms with van der Waals surface area (Å²) in [6, 6.07) is 0.469. The van der Waals surface area contributed by atoms with Crippen molar-refractivity contribution < 1.29 is 13.2 Å². The number of aliphatic imine (C=N–C) groups is 1. The van der Waals surface area contributed by atoms with Crippen molar-refractivity contribution in [2.45, 2.75) is 45.1 Å². The van der Waals surface area contributed by atoms with Crippen molar-refractivity contribution in [2.24, 2.45) is 10.9 Å². The molecule has 3 rings (SSSR count). The van der Waals surface area contributed by atoms with Crippen molar-refractivity contribution in [2.75, 3.05) is 44.2 Å². The maximum absolute atomic E-state index is 11.7. The van der Waals surface area contributed by atoms with E-state index in [-0.39, 0.29) is 41.6 Å². The van der Waals surface area contributed by atoms with Gasteiger partial charge in [-0.3, -0.25) is 9.79 Å². The molecule has 7 nitrogen and oxygen atoms in total. The van der Waals surface area contributed by atoms with E-state index < -0.39 is 9.84 Å². The Morgan fingerprint density at radius 3 is 2.23 bits per heavy atom. The summed E-state index contributed by atoms with van der Waals surface area (Å²) in [6.07, 6.45) is 5.57. The average molecular weight is 498 g/mol. The van der Waals surface area contributed by atoms with Crippen LogP contribution in [0.2, 0.25) is 0 Å². The van der Waals surface area contributed by atoms with Crippen LogP contribution < -0.4 is 5.32 Å². The lowest BCUT2D eigenvalue weighted by Crippen LogP contribution is -2.54. The van der Waals surface area contributed by atoms with E-state index in [0.717, 1.165) is 38.6 Å². The van der Waals surface area contributed by atoms with Gasteiger partial charge in [-0.05, 0) is 25.2 Å². The van der Waals surface area contributed by atoms with Gasteiger partial charge in [0.25, 0.3) is 0 Å².